The molecule has 0 spiro atoms. The van der Waals surface area contributed by atoms with Crippen LogP contribution in [0.15, 0.2) is 42.5 Å². The van der Waals surface area contributed by atoms with Gasteiger partial charge in [0.1, 0.15) is 0 Å². The summed E-state index contributed by atoms with van der Waals surface area (Å²) in [6.07, 6.45) is 4.73. The van der Waals surface area contributed by atoms with Gasteiger partial charge in [-0.1, -0.05) is 42.5 Å². The molecule has 1 N–H and O–H groups in total. The van der Waals surface area contributed by atoms with Crippen molar-refractivity contribution in [1.82, 2.24) is 4.72 Å². The highest BCUT2D eigenvalue weighted by Gasteiger charge is 2.19. The van der Waals surface area contributed by atoms with Gasteiger partial charge in [-0.05, 0) is 67.3 Å². The molecule has 2 aromatic rings. The van der Waals surface area contributed by atoms with Crippen molar-refractivity contribution in [2.75, 3.05) is 0 Å². The molecule has 3 rings (SSSR count). The number of hydrogen-bond donors (Lipinski definition) is 1. The van der Waals surface area contributed by atoms with Gasteiger partial charge in [-0.25, -0.2) is 13.1 Å². The molecule has 0 unspecified atom stereocenters. The smallest absolute Gasteiger partial charge is 0.212 e. The van der Waals surface area contributed by atoms with Crippen molar-refractivity contribution in [3.63, 3.8) is 0 Å². The van der Waals surface area contributed by atoms with Crippen LogP contribution in [0.5, 0.6) is 0 Å². The first-order valence-electron chi connectivity index (χ1n) is 8.61. The highest BCUT2D eigenvalue weighted by atomic mass is 32.2. The summed E-state index contributed by atoms with van der Waals surface area (Å²) in [7, 11) is -3.38. The van der Waals surface area contributed by atoms with Crippen LogP contribution in [0.1, 0.15) is 53.6 Å². The Kier molecular flexibility index (Phi) is 5.07. The van der Waals surface area contributed by atoms with Gasteiger partial charge < -0.3 is 0 Å². The molecule has 3 nitrogen and oxygen atoms in total. The third-order valence-corrected chi connectivity index (χ3v) is 6.24. The maximum Gasteiger partial charge on any atom is 0.216 e. The molecule has 1 atom stereocenters. The molecule has 1 aliphatic rings. The van der Waals surface area contributed by atoms with Crippen molar-refractivity contribution >= 4 is 10.0 Å². The lowest BCUT2D eigenvalue weighted by Gasteiger charge is -2.20. The second-order valence-electron chi connectivity index (χ2n) is 6.76. The van der Waals surface area contributed by atoms with Crippen molar-refractivity contribution in [1.29, 1.82) is 0 Å². The fourth-order valence-corrected chi connectivity index (χ4v) is 4.87. The SMILES string of the molecule is Cc1ccccc1CS(=O)(=O)N[C@@H](C)c1ccc2c(c1)CCCC2. The van der Waals surface area contributed by atoms with E-state index in [0.29, 0.717) is 0 Å². The predicted octanol–water partition coefficient (Wildman–Crippen LogP) is 4.05. The number of sulfonamides is 1. The number of aryl methyl sites for hydroxylation is 3. The fraction of sp³-hybridized carbons (Fsp3) is 0.400. The van der Waals surface area contributed by atoms with Crippen LogP contribution < -0.4 is 4.72 Å². The lowest BCUT2D eigenvalue weighted by atomic mass is 9.89. The van der Waals surface area contributed by atoms with Crippen molar-refractivity contribution in [3.05, 3.63) is 70.3 Å². The normalized spacial score (nSPS) is 15.8. The first kappa shape index (κ1) is 17.2. The average molecular weight is 343 g/mol. The van der Waals surface area contributed by atoms with Crippen LogP contribution in [0.3, 0.4) is 0 Å². The Hall–Kier alpha value is -1.65. The Labute approximate surface area is 145 Å². The van der Waals surface area contributed by atoms with E-state index >= 15 is 0 Å². The molecule has 0 saturated carbocycles. The number of nitrogens with one attached hydrogen (secondary N) is 1. The molecule has 0 bridgehead atoms. The standard InChI is InChI=1S/C20H25NO2S/c1-15-7-3-4-10-20(15)14-24(22,23)21-16(2)18-12-11-17-8-5-6-9-19(17)13-18/h3-4,7,10-13,16,21H,5-6,8-9,14H2,1-2H3/t16-/m0/s1. The third kappa shape index (κ3) is 4.05. The van der Waals surface area contributed by atoms with Crippen molar-refractivity contribution in [2.45, 2.75) is 51.3 Å². The molecule has 0 heterocycles. The van der Waals surface area contributed by atoms with Gasteiger partial charge in [-0.2, -0.15) is 0 Å². The summed E-state index contributed by atoms with van der Waals surface area (Å²) in [5.41, 5.74) is 5.69. The fourth-order valence-electron chi connectivity index (χ4n) is 3.38. The summed E-state index contributed by atoms with van der Waals surface area (Å²) in [5, 5.41) is 0. The van der Waals surface area contributed by atoms with Crippen LogP contribution >= 0.6 is 0 Å². The maximum absolute atomic E-state index is 12.5. The predicted molar refractivity (Wildman–Crippen MR) is 98.4 cm³/mol. The Morgan fingerprint density at radius 1 is 1.04 bits per heavy atom. The van der Waals surface area contributed by atoms with E-state index in [-0.39, 0.29) is 11.8 Å². The summed E-state index contributed by atoms with van der Waals surface area (Å²) in [6.45, 7) is 3.86. The van der Waals surface area contributed by atoms with Crippen LogP contribution in [0.4, 0.5) is 0 Å². The lowest BCUT2D eigenvalue weighted by molar-refractivity contribution is 0.565. The first-order valence-corrected chi connectivity index (χ1v) is 10.3. The van der Waals surface area contributed by atoms with E-state index in [0.717, 1.165) is 29.5 Å². The molecule has 0 radical (unpaired) electrons. The first-order chi connectivity index (χ1) is 11.4. The largest absolute Gasteiger partial charge is 0.216 e. The Bertz CT molecular complexity index is 827. The van der Waals surface area contributed by atoms with Gasteiger partial charge in [-0.3, -0.25) is 0 Å². The van der Waals surface area contributed by atoms with Gasteiger partial charge in [0.15, 0.2) is 0 Å². The van der Waals surface area contributed by atoms with E-state index in [4.69, 9.17) is 0 Å². The second-order valence-corrected chi connectivity index (χ2v) is 8.51. The second kappa shape index (κ2) is 7.08. The van der Waals surface area contributed by atoms with E-state index in [9.17, 15) is 8.42 Å². The van der Waals surface area contributed by atoms with Crippen LogP contribution in [0.2, 0.25) is 0 Å². The summed E-state index contributed by atoms with van der Waals surface area (Å²) in [4.78, 5) is 0. The Morgan fingerprint density at radius 2 is 1.75 bits per heavy atom. The summed E-state index contributed by atoms with van der Waals surface area (Å²) in [5.74, 6) is 0.0228. The molecule has 0 fully saturated rings. The summed E-state index contributed by atoms with van der Waals surface area (Å²) in [6, 6.07) is 13.8. The third-order valence-electron chi connectivity index (χ3n) is 4.84. The van der Waals surface area contributed by atoms with Crippen molar-refractivity contribution < 1.29 is 8.42 Å². The highest BCUT2D eigenvalue weighted by Crippen LogP contribution is 2.25. The molecule has 2 aromatic carbocycles. The molecule has 24 heavy (non-hydrogen) atoms. The van der Waals surface area contributed by atoms with Crippen molar-refractivity contribution in [3.8, 4) is 0 Å². The van der Waals surface area contributed by atoms with Crippen molar-refractivity contribution in [2.24, 2.45) is 0 Å². The van der Waals surface area contributed by atoms with Crippen LogP contribution in [-0.2, 0) is 28.6 Å². The molecule has 0 amide bonds. The minimum atomic E-state index is -3.38. The number of rotatable bonds is 5. The lowest BCUT2D eigenvalue weighted by Crippen LogP contribution is -2.28. The van der Waals surface area contributed by atoms with E-state index in [1.54, 1.807) is 0 Å². The van der Waals surface area contributed by atoms with Gasteiger partial charge in [0.25, 0.3) is 0 Å². The zero-order valence-electron chi connectivity index (χ0n) is 14.4. The summed E-state index contributed by atoms with van der Waals surface area (Å²) < 4.78 is 27.9. The van der Waals surface area contributed by atoms with E-state index in [2.05, 4.69) is 22.9 Å². The monoisotopic (exact) mass is 343 g/mol. The maximum atomic E-state index is 12.5. The molecule has 0 saturated heterocycles. The zero-order valence-corrected chi connectivity index (χ0v) is 15.2. The summed E-state index contributed by atoms with van der Waals surface area (Å²) >= 11 is 0. The van der Waals surface area contributed by atoms with Crippen LogP contribution in [-0.4, -0.2) is 8.42 Å². The number of hydrogen-bond acceptors (Lipinski definition) is 2. The van der Waals surface area contributed by atoms with E-state index in [1.807, 2.05) is 38.1 Å². The molecule has 4 heteroatoms. The minimum absolute atomic E-state index is 0.0228. The zero-order chi connectivity index (χ0) is 17.2. The van der Waals surface area contributed by atoms with Crippen LogP contribution in [0, 0.1) is 6.92 Å². The number of fused-ring (bicyclic) bond motifs is 1. The molecular formula is C20H25NO2S. The van der Waals surface area contributed by atoms with Gasteiger partial charge in [-0.15, -0.1) is 0 Å². The molecule has 0 aliphatic heterocycles. The number of benzene rings is 2. The molecule has 0 aromatic heterocycles. The van der Waals surface area contributed by atoms with Gasteiger partial charge in [0.2, 0.25) is 10.0 Å². The highest BCUT2D eigenvalue weighted by molar-refractivity contribution is 7.88. The van der Waals surface area contributed by atoms with E-state index < -0.39 is 10.0 Å². The molecule has 128 valence electrons. The Morgan fingerprint density at radius 3 is 2.50 bits per heavy atom. The Balaban J connectivity index is 1.74. The van der Waals surface area contributed by atoms with E-state index in [1.165, 1.54) is 24.0 Å². The topological polar surface area (TPSA) is 46.2 Å². The quantitative estimate of drug-likeness (QED) is 0.890. The van der Waals surface area contributed by atoms with Gasteiger partial charge >= 0.3 is 0 Å². The van der Waals surface area contributed by atoms with Gasteiger partial charge in [0, 0.05) is 6.04 Å². The average Bonchev–Trinajstić information content (AvgIpc) is 2.56. The van der Waals surface area contributed by atoms with Crippen LogP contribution in [0.25, 0.3) is 0 Å². The molecular weight excluding hydrogens is 318 g/mol. The molecule has 1 aliphatic carbocycles. The minimum Gasteiger partial charge on any atom is -0.212 e. The van der Waals surface area contributed by atoms with Gasteiger partial charge in [0.05, 0.1) is 5.75 Å².